The molecule has 2 rings (SSSR count). The summed E-state index contributed by atoms with van der Waals surface area (Å²) in [4.78, 5) is 7.96. The summed E-state index contributed by atoms with van der Waals surface area (Å²) in [5.41, 5.74) is 1.89. The first-order valence-corrected chi connectivity index (χ1v) is 6.56. The van der Waals surface area contributed by atoms with E-state index in [-0.39, 0.29) is 0 Å². The maximum absolute atomic E-state index is 4.07. The van der Waals surface area contributed by atoms with Crippen molar-refractivity contribution in [3.8, 4) is 0 Å². The van der Waals surface area contributed by atoms with Crippen LogP contribution in [0.1, 0.15) is 24.6 Å². The average Bonchev–Trinajstić information content (AvgIpc) is 2.90. The van der Waals surface area contributed by atoms with Crippen molar-refractivity contribution in [2.45, 2.75) is 32.4 Å². The SMILES string of the molecule is CC(CNCc1cncs1)N1CCCC1. The summed E-state index contributed by atoms with van der Waals surface area (Å²) in [6.07, 6.45) is 4.69. The topological polar surface area (TPSA) is 28.2 Å². The van der Waals surface area contributed by atoms with Crippen molar-refractivity contribution < 1.29 is 0 Å². The molecule has 4 heteroatoms. The molecule has 0 spiro atoms. The zero-order chi connectivity index (χ0) is 10.5. The van der Waals surface area contributed by atoms with Gasteiger partial charge in [0, 0.05) is 30.2 Å². The first-order chi connectivity index (χ1) is 7.36. The van der Waals surface area contributed by atoms with Crippen molar-refractivity contribution in [2.24, 2.45) is 0 Å². The van der Waals surface area contributed by atoms with Gasteiger partial charge in [0.05, 0.1) is 5.51 Å². The lowest BCUT2D eigenvalue weighted by Gasteiger charge is -2.23. The van der Waals surface area contributed by atoms with Gasteiger partial charge in [0.1, 0.15) is 0 Å². The highest BCUT2D eigenvalue weighted by molar-refractivity contribution is 7.09. The highest BCUT2D eigenvalue weighted by Gasteiger charge is 2.17. The predicted octanol–water partition coefficient (Wildman–Crippen LogP) is 1.72. The van der Waals surface area contributed by atoms with Crippen molar-refractivity contribution in [3.63, 3.8) is 0 Å². The smallest absolute Gasteiger partial charge is 0.0794 e. The molecule has 1 aromatic heterocycles. The van der Waals surface area contributed by atoms with Gasteiger partial charge in [-0.05, 0) is 32.9 Å². The highest BCUT2D eigenvalue weighted by Crippen LogP contribution is 2.11. The third-order valence-corrected chi connectivity index (χ3v) is 3.77. The minimum absolute atomic E-state index is 0.667. The Bertz CT molecular complexity index is 267. The van der Waals surface area contributed by atoms with E-state index in [1.54, 1.807) is 11.3 Å². The molecule has 0 aromatic carbocycles. The van der Waals surface area contributed by atoms with Crippen molar-refractivity contribution in [1.82, 2.24) is 15.2 Å². The maximum atomic E-state index is 4.07. The summed E-state index contributed by atoms with van der Waals surface area (Å²) in [7, 11) is 0. The Morgan fingerprint density at radius 3 is 3.00 bits per heavy atom. The average molecular weight is 225 g/mol. The molecule has 1 aromatic rings. The molecular weight excluding hydrogens is 206 g/mol. The molecule has 1 aliphatic heterocycles. The summed E-state index contributed by atoms with van der Waals surface area (Å²) in [5, 5.41) is 3.49. The van der Waals surface area contributed by atoms with E-state index in [0.717, 1.165) is 13.1 Å². The Hall–Kier alpha value is -0.450. The number of nitrogens with one attached hydrogen (secondary N) is 1. The minimum atomic E-state index is 0.667. The van der Waals surface area contributed by atoms with Gasteiger partial charge in [-0.3, -0.25) is 9.88 Å². The zero-order valence-corrected chi connectivity index (χ0v) is 10.1. The van der Waals surface area contributed by atoms with E-state index in [9.17, 15) is 0 Å². The lowest BCUT2D eigenvalue weighted by molar-refractivity contribution is 0.252. The van der Waals surface area contributed by atoms with Gasteiger partial charge in [0.2, 0.25) is 0 Å². The van der Waals surface area contributed by atoms with E-state index < -0.39 is 0 Å². The number of hydrogen-bond donors (Lipinski definition) is 1. The van der Waals surface area contributed by atoms with Gasteiger partial charge in [-0.1, -0.05) is 0 Å². The third-order valence-electron chi connectivity index (χ3n) is 2.99. The van der Waals surface area contributed by atoms with E-state index >= 15 is 0 Å². The number of thiazole rings is 1. The van der Waals surface area contributed by atoms with Crippen LogP contribution < -0.4 is 5.32 Å². The predicted molar refractivity (Wildman–Crippen MR) is 64.1 cm³/mol. The van der Waals surface area contributed by atoms with Crippen LogP contribution in [0.5, 0.6) is 0 Å². The van der Waals surface area contributed by atoms with E-state index in [0.29, 0.717) is 6.04 Å². The molecule has 0 bridgehead atoms. The summed E-state index contributed by atoms with van der Waals surface area (Å²) in [6.45, 7) is 6.92. The highest BCUT2D eigenvalue weighted by atomic mass is 32.1. The second-order valence-electron chi connectivity index (χ2n) is 4.19. The molecule has 1 fully saturated rings. The Labute approximate surface area is 95.5 Å². The molecule has 3 nitrogen and oxygen atoms in total. The van der Waals surface area contributed by atoms with Crippen molar-refractivity contribution >= 4 is 11.3 Å². The second kappa shape index (κ2) is 5.58. The van der Waals surface area contributed by atoms with Crippen LogP contribution in [0.15, 0.2) is 11.7 Å². The van der Waals surface area contributed by atoms with Crippen LogP contribution >= 0.6 is 11.3 Å². The van der Waals surface area contributed by atoms with Gasteiger partial charge in [-0.2, -0.15) is 0 Å². The minimum Gasteiger partial charge on any atom is -0.310 e. The lowest BCUT2D eigenvalue weighted by Crippen LogP contribution is -2.38. The molecule has 1 atom stereocenters. The first-order valence-electron chi connectivity index (χ1n) is 5.68. The van der Waals surface area contributed by atoms with E-state index in [1.165, 1.54) is 30.8 Å². The molecule has 1 saturated heterocycles. The van der Waals surface area contributed by atoms with E-state index in [2.05, 4.69) is 22.1 Å². The number of nitrogens with zero attached hydrogens (tertiary/aromatic N) is 2. The summed E-state index contributed by atoms with van der Waals surface area (Å²) in [6, 6.07) is 0.667. The van der Waals surface area contributed by atoms with Crippen molar-refractivity contribution in [2.75, 3.05) is 19.6 Å². The molecule has 15 heavy (non-hydrogen) atoms. The van der Waals surface area contributed by atoms with Crippen LogP contribution in [-0.2, 0) is 6.54 Å². The van der Waals surface area contributed by atoms with Gasteiger partial charge in [0.15, 0.2) is 0 Å². The quantitative estimate of drug-likeness (QED) is 0.827. The summed E-state index contributed by atoms with van der Waals surface area (Å²) >= 11 is 1.72. The summed E-state index contributed by atoms with van der Waals surface area (Å²) < 4.78 is 0. The molecular formula is C11H19N3S. The fourth-order valence-corrected chi connectivity index (χ4v) is 2.61. The molecule has 1 N–H and O–H groups in total. The summed E-state index contributed by atoms with van der Waals surface area (Å²) in [5.74, 6) is 0. The molecule has 0 saturated carbocycles. The van der Waals surface area contributed by atoms with Crippen LogP contribution in [0.3, 0.4) is 0 Å². The van der Waals surface area contributed by atoms with Crippen LogP contribution in [0.25, 0.3) is 0 Å². The Morgan fingerprint density at radius 1 is 1.53 bits per heavy atom. The molecule has 0 radical (unpaired) electrons. The molecule has 2 heterocycles. The Morgan fingerprint density at radius 2 is 2.33 bits per heavy atom. The third kappa shape index (κ3) is 3.26. The fourth-order valence-electron chi connectivity index (χ4n) is 2.05. The molecule has 1 aliphatic rings. The van der Waals surface area contributed by atoms with E-state index in [1.807, 2.05) is 11.7 Å². The molecule has 1 unspecified atom stereocenters. The van der Waals surface area contributed by atoms with Crippen molar-refractivity contribution in [3.05, 3.63) is 16.6 Å². The standard InChI is InChI=1S/C11H19N3S/c1-10(14-4-2-3-5-14)6-12-7-11-8-13-9-15-11/h8-10,12H,2-7H2,1H3. The second-order valence-corrected chi connectivity index (χ2v) is 5.16. The number of rotatable bonds is 5. The Balaban J connectivity index is 1.64. The number of hydrogen-bond acceptors (Lipinski definition) is 4. The molecule has 0 amide bonds. The fraction of sp³-hybridized carbons (Fsp3) is 0.727. The normalized spacial score (nSPS) is 19.5. The van der Waals surface area contributed by atoms with Gasteiger partial charge in [-0.25, -0.2) is 0 Å². The number of aromatic nitrogens is 1. The zero-order valence-electron chi connectivity index (χ0n) is 9.28. The number of likely N-dealkylation sites (tertiary alicyclic amines) is 1. The van der Waals surface area contributed by atoms with E-state index in [4.69, 9.17) is 0 Å². The van der Waals surface area contributed by atoms with Crippen LogP contribution in [-0.4, -0.2) is 35.6 Å². The van der Waals surface area contributed by atoms with Gasteiger partial charge in [0.25, 0.3) is 0 Å². The van der Waals surface area contributed by atoms with Crippen LogP contribution in [0.2, 0.25) is 0 Å². The Kier molecular flexibility index (Phi) is 4.11. The van der Waals surface area contributed by atoms with Crippen LogP contribution in [0.4, 0.5) is 0 Å². The van der Waals surface area contributed by atoms with Gasteiger partial charge >= 0.3 is 0 Å². The van der Waals surface area contributed by atoms with Gasteiger partial charge in [-0.15, -0.1) is 11.3 Å². The molecule has 0 aliphatic carbocycles. The first kappa shape index (κ1) is 11.0. The van der Waals surface area contributed by atoms with Crippen LogP contribution in [0, 0.1) is 0 Å². The largest absolute Gasteiger partial charge is 0.310 e. The van der Waals surface area contributed by atoms with Gasteiger partial charge < -0.3 is 5.32 Å². The molecule has 84 valence electrons. The maximum Gasteiger partial charge on any atom is 0.0794 e. The van der Waals surface area contributed by atoms with Crippen molar-refractivity contribution in [1.29, 1.82) is 0 Å². The monoisotopic (exact) mass is 225 g/mol. The lowest BCUT2D eigenvalue weighted by atomic mass is 10.3.